The first kappa shape index (κ1) is 15.3. The zero-order chi connectivity index (χ0) is 14.8. The van der Waals surface area contributed by atoms with E-state index in [-0.39, 0.29) is 16.9 Å². The van der Waals surface area contributed by atoms with Gasteiger partial charge in [-0.2, -0.15) is 0 Å². The quantitative estimate of drug-likeness (QED) is 0.899. The maximum atomic E-state index is 12.4. The van der Waals surface area contributed by atoms with E-state index in [1.807, 2.05) is 0 Å². The zero-order valence-electron chi connectivity index (χ0n) is 11.2. The van der Waals surface area contributed by atoms with Gasteiger partial charge in [-0.15, -0.1) is 13.2 Å². The lowest BCUT2D eigenvalue weighted by atomic mass is 9.82. The maximum Gasteiger partial charge on any atom is 0.573 e. The van der Waals surface area contributed by atoms with Crippen LogP contribution >= 0.6 is 0 Å². The summed E-state index contributed by atoms with van der Waals surface area (Å²) in [6.07, 6.45) is -4.79. The molecule has 3 nitrogen and oxygen atoms in total. The molecule has 1 amide bonds. The summed E-state index contributed by atoms with van der Waals surface area (Å²) < 4.78 is 41.2. The van der Waals surface area contributed by atoms with Crippen molar-refractivity contribution in [1.82, 2.24) is 5.32 Å². The highest BCUT2D eigenvalue weighted by atomic mass is 19.4. The van der Waals surface area contributed by atoms with Crippen molar-refractivity contribution in [3.63, 3.8) is 0 Å². The minimum atomic E-state index is -4.79. The minimum Gasteiger partial charge on any atom is -0.405 e. The average Bonchev–Trinajstić information content (AvgIpc) is 2.23. The van der Waals surface area contributed by atoms with E-state index in [9.17, 15) is 18.0 Å². The Kier molecular flexibility index (Phi) is 4.12. The molecule has 1 aromatic rings. The van der Waals surface area contributed by atoms with Gasteiger partial charge in [0.25, 0.3) is 5.91 Å². The van der Waals surface area contributed by atoms with Crippen molar-refractivity contribution in [2.24, 2.45) is 0 Å². The Balaban J connectivity index is 3.44. The highest BCUT2D eigenvalue weighted by Gasteiger charge is 2.35. The highest BCUT2D eigenvalue weighted by molar-refractivity contribution is 5.96. The van der Waals surface area contributed by atoms with Crippen molar-refractivity contribution in [2.45, 2.75) is 32.5 Å². The molecular weight excluding hydrogens is 259 g/mol. The molecule has 0 aliphatic carbocycles. The van der Waals surface area contributed by atoms with Crippen molar-refractivity contribution < 1.29 is 22.7 Å². The van der Waals surface area contributed by atoms with E-state index in [1.54, 1.807) is 20.8 Å². The topological polar surface area (TPSA) is 38.3 Å². The van der Waals surface area contributed by atoms with Crippen LogP contribution in [0.3, 0.4) is 0 Å². The summed E-state index contributed by atoms with van der Waals surface area (Å²) in [4.78, 5) is 11.8. The van der Waals surface area contributed by atoms with Gasteiger partial charge in [0.1, 0.15) is 5.75 Å². The van der Waals surface area contributed by atoms with Gasteiger partial charge in [0.15, 0.2) is 0 Å². The summed E-state index contributed by atoms with van der Waals surface area (Å²) in [5, 5.41) is 2.41. The van der Waals surface area contributed by atoms with Crippen LogP contribution in [0.1, 0.15) is 36.7 Å². The molecule has 6 heteroatoms. The molecule has 0 radical (unpaired) electrons. The standard InChI is InChI=1S/C13H16F3NO2/c1-12(2,3)10-8(11(18)17-4)6-5-7-9(10)19-13(14,15)16/h5-7H,1-4H3,(H,17,18). The Morgan fingerprint density at radius 3 is 2.21 bits per heavy atom. The third-order valence-corrected chi connectivity index (χ3v) is 2.47. The fourth-order valence-corrected chi connectivity index (χ4v) is 1.84. The molecule has 106 valence electrons. The van der Waals surface area contributed by atoms with E-state index in [2.05, 4.69) is 10.1 Å². The molecule has 1 aromatic carbocycles. The SMILES string of the molecule is CNC(=O)c1cccc(OC(F)(F)F)c1C(C)(C)C. The second kappa shape index (κ2) is 5.11. The lowest BCUT2D eigenvalue weighted by Gasteiger charge is -2.25. The van der Waals surface area contributed by atoms with Gasteiger partial charge in [-0.1, -0.05) is 26.8 Å². The van der Waals surface area contributed by atoms with Crippen LogP contribution in [0.25, 0.3) is 0 Å². The smallest absolute Gasteiger partial charge is 0.405 e. The molecule has 0 fully saturated rings. The van der Waals surface area contributed by atoms with E-state index in [1.165, 1.54) is 25.2 Å². The molecule has 0 spiro atoms. The van der Waals surface area contributed by atoms with E-state index < -0.39 is 17.7 Å². The number of rotatable bonds is 2. The van der Waals surface area contributed by atoms with Gasteiger partial charge < -0.3 is 10.1 Å². The largest absolute Gasteiger partial charge is 0.573 e. The second-order valence-corrected chi connectivity index (χ2v) is 5.06. The number of nitrogens with one attached hydrogen (secondary N) is 1. The summed E-state index contributed by atoms with van der Waals surface area (Å²) in [7, 11) is 1.42. The molecule has 0 aliphatic heterocycles. The Morgan fingerprint density at radius 1 is 1.21 bits per heavy atom. The predicted octanol–water partition coefficient (Wildman–Crippen LogP) is 3.24. The average molecular weight is 275 g/mol. The van der Waals surface area contributed by atoms with Gasteiger partial charge in [0.2, 0.25) is 0 Å². The lowest BCUT2D eigenvalue weighted by Crippen LogP contribution is -2.27. The number of hydrogen-bond acceptors (Lipinski definition) is 2. The van der Waals surface area contributed by atoms with Crippen molar-refractivity contribution in [1.29, 1.82) is 0 Å². The Bertz CT molecular complexity index is 476. The first-order valence-corrected chi connectivity index (χ1v) is 5.67. The van der Waals surface area contributed by atoms with Gasteiger partial charge in [0.05, 0.1) is 0 Å². The van der Waals surface area contributed by atoms with E-state index in [0.717, 1.165) is 0 Å². The Labute approximate surface area is 109 Å². The normalized spacial score (nSPS) is 12.2. The van der Waals surface area contributed by atoms with Crippen LogP contribution in [-0.4, -0.2) is 19.3 Å². The first-order chi connectivity index (χ1) is 8.56. The number of halogens is 3. The fraction of sp³-hybridized carbons (Fsp3) is 0.462. The van der Waals surface area contributed by atoms with Gasteiger partial charge in [0, 0.05) is 18.2 Å². The second-order valence-electron chi connectivity index (χ2n) is 5.06. The van der Waals surface area contributed by atoms with E-state index in [4.69, 9.17) is 0 Å². The van der Waals surface area contributed by atoms with Gasteiger partial charge in [-0.05, 0) is 17.5 Å². The lowest BCUT2D eigenvalue weighted by molar-refractivity contribution is -0.275. The molecule has 0 aliphatic rings. The number of amides is 1. The number of hydrogen-bond donors (Lipinski definition) is 1. The third kappa shape index (κ3) is 3.87. The molecule has 0 atom stereocenters. The summed E-state index contributed by atoms with van der Waals surface area (Å²) in [6, 6.07) is 4.05. The molecular formula is C13H16F3NO2. The number of carbonyl (C=O) groups excluding carboxylic acids is 1. The molecule has 0 aromatic heterocycles. The molecule has 1 N–H and O–H groups in total. The molecule has 1 rings (SSSR count). The van der Waals surface area contributed by atoms with Gasteiger partial charge in [-0.3, -0.25) is 4.79 Å². The Hall–Kier alpha value is -1.72. The van der Waals surface area contributed by atoms with Crippen LogP contribution < -0.4 is 10.1 Å². The van der Waals surface area contributed by atoms with Crippen LogP contribution in [0, 0.1) is 0 Å². The van der Waals surface area contributed by atoms with Gasteiger partial charge >= 0.3 is 6.36 Å². The molecule has 0 bridgehead atoms. The maximum absolute atomic E-state index is 12.4. The van der Waals surface area contributed by atoms with Crippen LogP contribution in [-0.2, 0) is 5.41 Å². The zero-order valence-corrected chi connectivity index (χ0v) is 11.2. The van der Waals surface area contributed by atoms with Crippen molar-refractivity contribution in [2.75, 3.05) is 7.05 Å². The molecule has 0 unspecified atom stereocenters. The Morgan fingerprint density at radius 2 is 1.79 bits per heavy atom. The van der Waals surface area contributed by atoms with E-state index >= 15 is 0 Å². The summed E-state index contributed by atoms with van der Waals surface area (Å²) in [6.45, 7) is 5.16. The fourth-order valence-electron chi connectivity index (χ4n) is 1.84. The monoisotopic (exact) mass is 275 g/mol. The number of ether oxygens (including phenoxy) is 1. The van der Waals surface area contributed by atoms with Crippen LogP contribution in [0.5, 0.6) is 5.75 Å². The van der Waals surface area contributed by atoms with E-state index in [0.29, 0.717) is 0 Å². The summed E-state index contributed by atoms with van der Waals surface area (Å²) >= 11 is 0. The van der Waals surface area contributed by atoms with Crippen molar-refractivity contribution >= 4 is 5.91 Å². The first-order valence-electron chi connectivity index (χ1n) is 5.67. The van der Waals surface area contributed by atoms with Crippen molar-refractivity contribution in [3.8, 4) is 5.75 Å². The van der Waals surface area contributed by atoms with Crippen molar-refractivity contribution in [3.05, 3.63) is 29.3 Å². The molecule has 0 saturated heterocycles. The van der Waals surface area contributed by atoms with Crippen LogP contribution in [0.2, 0.25) is 0 Å². The number of alkyl halides is 3. The number of benzene rings is 1. The van der Waals surface area contributed by atoms with Crippen LogP contribution in [0.15, 0.2) is 18.2 Å². The molecule has 19 heavy (non-hydrogen) atoms. The predicted molar refractivity (Wildman–Crippen MR) is 65.2 cm³/mol. The molecule has 0 saturated carbocycles. The minimum absolute atomic E-state index is 0.178. The van der Waals surface area contributed by atoms with Crippen LogP contribution in [0.4, 0.5) is 13.2 Å². The number of carbonyl (C=O) groups is 1. The van der Waals surface area contributed by atoms with Gasteiger partial charge in [-0.25, -0.2) is 0 Å². The molecule has 0 heterocycles. The highest BCUT2D eigenvalue weighted by Crippen LogP contribution is 2.37. The third-order valence-electron chi connectivity index (χ3n) is 2.47. The summed E-state index contributed by atoms with van der Waals surface area (Å²) in [5.74, 6) is -0.793. The summed E-state index contributed by atoms with van der Waals surface area (Å²) in [5.41, 5.74) is -0.257.